The molecule has 1 heterocycles. The summed E-state index contributed by atoms with van der Waals surface area (Å²) in [6.07, 6.45) is 0. The van der Waals surface area contributed by atoms with Crippen LogP contribution in [0.1, 0.15) is 0 Å². The van der Waals surface area contributed by atoms with Gasteiger partial charge in [0.2, 0.25) is 0 Å². The molecule has 0 aliphatic carbocycles. The van der Waals surface area contributed by atoms with E-state index in [-0.39, 0.29) is 16.4 Å². The Morgan fingerprint density at radius 1 is 1.50 bits per heavy atom. The minimum Gasteiger partial charge on any atom is -0.498 e. The van der Waals surface area contributed by atoms with Gasteiger partial charge in [0.25, 0.3) is 5.69 Å². The van der Waals surface area contributed by atoms with Crippen molar-refractivity contribution in [1.82, 2.24) is 0 Å². The van der Waals surface area contributed by atoms with Crippen molar-refractivity contribution in [3.05, 3.63) is 28.3 Å². The first kappa shape index (κ1) is 8.76. The lowest BCUT2D eigenvalue weighted by Crippen LogP contribution is -1.86. The molecule has 0 saturated heterocycles. The Morgan fingerprint density at radius 3 is 2.86 bits per heavy atom. The van der Waals surface area contributed by atoms with E-state index in [9.17, 15) is 15.2 Å². The van der Waals surface area contributed by atoms with Crippen LogP contribution in [-0.2, 0) is 0 Å². The summed E-state index contributed by atoms with van der Waals surface area (Å²) in [5, 5.41) is 20.4. The fourth-order valence-corrected chi connectivity index (χ4v) is 2.10. The van der Waals surface area contributed by atoms with Crippen LogP contribution >= 0.6 is 11.3 Å². The van der Waals surface area contributed by atoms with E-state index in [1.807, 2.05) is 0 Å². The molecule has 0 bridgehead atoms. The minimum atomic E-state index is -0.480. The fraction of sp³-hybridized carbons (Fsp3) is 0. The van der Waals surface area contributed by atoms with Crippen LogP contribution in [0.4, 0.5) is 11.4 Å². The second-order valence-corrected chi connectivity index (χ2v) is 3.79. The van der Waals surface area contributed by atoms with Gasteiger partial charge in [0, 0.05) is 22.2 Å². The summed E-state index contributed by atoms with van der Waals surface area (Å²) in [4.78, 5) is 9.97. The topological polar surface area (TPSA) is 89.4 Å². The third-order valence-electron chi connectivity index (χ3n) is 1.90. The summed E-state index contributed by atoms with van der Waals surface area (Å²) < 4.78 is 0.620. The quantitative estimate of drug-likeness (QED) is 0.557. The van der Waals surface area contributed by atoms with Gasteiger partial charge in [-0.2, -0.15) is 0 Å². The number of anilines is 1. The molecule has 0 unspecified atom stereocenters. The maximum Gasteiger partial charge on any atom is 0.270 e. The van der Waals surface area contributed by atoms with Crippen molar-refractivity contribution in [3.8, 4) is 5.06 Å². The van der Waals surface area contributed by atoms with E-state index in [2.05, 4.69) is 0 Å². The summed E-state index contributed by atoms with van der Waals surface area (Å²) in [6.45, 7) is 0. The number of hydrogen-bond acceptors (Lipinski definition) is 5. The summed E-state index contributed by atoms with van der Waals surface area (Å²) >= 11 is 1.04. The van der Waals surface area contributed by atoms with E-state index in [4.69, 9.17) is 5.73 Å². The molecule has 2 aromatic rings. The van der Waals surface area contributed by atoms with E-state index in [0.29, 0.717) is 10.1 Å². The Morgan fingerprint density at radius 2 is 2.21 bits per heavy atom. The van der Waals surface area contributed by atoms with Crippen molar-refractivity contribution >= 4 is 32.8 Å². The van der Waals surface area contributed by atoms with Crippen LogP contribution in [0.3, 0.4) is 0 Å². The van der Waals surface area contributed by atoms with Crippen LogP contribution in [0, 0.1) is 10.1 Å². The zero-order valence-corrected chi connectivity index (χ0v) is 7.75. The highest BCUT2D eigenvalue weighted by atomic mass is 32.1. The number of hydrogen-bond donors (Lipinski definition) is 2. The third-order valence-corrected chi connectivity index (χ3v) is 2.87. The van der Waals surface area contributed by atoms with Gasteiger partial charge in [-0.15, -0.1) is 0 Å². The molecule has 1 aromatic heterocycles. The number of non-ortho nitro benzene ring substituents is 1. The first-order valence-electron chi connectivity index (χ1n) is 3.75. The predicted octanol–water partition coefficient (Wildman–Crippen LogP) is 2.10. The van der Waals surface area contributed by atoms with Crippen LogP contribution in [0.25, 0.3) is 10.1 Å². The van der Waals surface area contributed by atoms with Crippen molar-refractivity contribution in [2.45, 2.75) is 0 Å². The highest BCUT2D eigenvalue weighted by Gasteiger charge is 2.12. The zero-order chi connectivity index (χ0) is 10.3. The molecule has 14 heavy (non-hydrogen) atoms. The molecule has 0 radical (unpaired) electrons. The summed E-state index contributed by atoms with van der Waals surface area (Å²) in [5.41, 5.74) is 5.83. The lowest BCUT2D eigenvalue weighted by molar-refractivity contribution is -0.384. The average Bonchev–Trinajstić information content (AvgIpc) is 2.42. The lowest BCUT2D eigenvalue weighted by Gasteiger charge is -1.91. The van der Waals surface area contributed by atoms with E-state index in [1.165, 1.54) is 12.1 Å². The van der Waals surface area contributed by atoms with Crippen LogP contribution in [0.2, 0.25) is 0 Å². The Balaban J connectivity index is 2.73. The van der Waals surface area contributed by atoms with Gasteiger partial charge in [0.05, 0.1) is 10.6 Å². The molecule has 0 spiro atoms. The van der Waals surface area contributed by atoms with Gasteiger partial charge in [-0.1, -0.05) is 11.3 Å². The van der Waals surface area contributed by atoms with E-state index < -0.39 is 4.92 Å². The van der Waals surface area contributed by atoms with Gasteiger partial charge < -0.3 is 10.8 Å². The second-order valence-electron chi connectivity index (χ2n) is 2.76. The molecule has 3 N–H and O–H groups in total. The number of fused-ring (bicyclic) bond motifs is 1. The maximum absolute atomic E-state index is 10.5. The molecule has 0 aliphatic heterocycles. The van der Waals surface area contributed by atoms with E-state index in [1.54, 1.807) is 6.07 Å². The van der Waals surface area contributed by atoms with Crippen LogP contribution < -0.4 is 5.73 Å². The number of nitrogen functional groups attached to an aromatic ring is 1. The number of rotatable bonds is 1. The summed E-state index contributed by atoms with van der Waals surface area (Å²) in [6, 6.07) is 4.31. The summed E-state index contributed by atoms with van der Waals surface area (Å²) in [5.74, 6) is 0. The van der Waals surface area contributed by atoms with Gasteiger partial charge in [0.15, 0.2) is 5.06 Å². The maximum atomic E-state index is 10.5. The molecule has 72 valence electrons. The SMILES string of the molecule is Nc1c(O)sc2cc([N+](=O)[O-])ccc12. The third kappa shape index (κ3) is 1.16. The standard InChI is InChI=1S/C8H6N2O3S/c9-7-5-2-1-4(10(12)13)3-6(5)14-8(7)11/h1-3,11H,9H2. The number of aromatic hydroxyl groups is 1. The van der Waals surface area contributed by atoms with Crippen molar-refractivity contribution in [3.63, 3.8) is 0 Å². The van der Waals surface area contributed by atoms with Crippen LogP contribution in [0.5, 0.6) is 5.06 Å². The van der Waals surface area contributed by atoms with Crippen molar-refractivity contribution in [2.75, 3.05) is 5.73 Å². The van der Waals surface area contributed by atoms with Gasteiger partial charge in [-0.25, -0.2) is 0 Å². The fourth-order valence-electron chi connectivity index (χ4n) is 1.21. The zero-order valence-electron chi connectivity index (χ0n) is 6.93. The Labute approximate surface area is 82.5 Å². The molecule has 1 aromatic carbocycles. The number of thiophene rings is 1. The van der Waals surface area contributed by atoms with Crippen LogP contribution in [0.15, 0.2) is 18.2 Å². The normalized spacial score (nSPS) is 10.6. The van der Waals surface area contributed by atoms with Crippen LogP contribution in [-0.4, -0.2) is 10.0 Å². The average molecular weight is 210 g/mol. The highest BCUT2D eigenvalue weighted by Crippen LogP contribution is 2.40. The monoisotopic (exact) mass is 210 g/mol. The predicted molar refractivity (Wildman–Crippen MR) is 54.6 cm³/mol. The number of nitro benzene ring substituents is 1. The molecule has 0 atom stereocenters. The lowest BCUT2D eigenvalue weighted by atomic mass is 10.2. The second kappa shape index (κ2) is 2.85. The molecular formula is C8H6N2O3S. The van der Waals surface area contributed by atoms with Crippen molar-refractivity contribution < 1.29 is 10.0 Å². The number of nitrogens with zero attached hydrogens (tertiary/aromatic N) is 1. The molecule has 0 saturated carbocycles. The van der Waals surface area contributed by atoms with E-state index >= 15 is 0 Å². The van der Waals surface area contributed by atoms with E-state index in [0.717, 1.165) is 11.3 Å². The molecule has 0 amide bonds. The summed E-state index contributed by atoms with van der Waals surface area (Å²) in [7, 11) is 0. The molecule has 6 heteroatoms. The number of benzene rings is 1. The first-order valence-corrected chi connectivity index (χ1v) is 4.56. The molecule has 0 aliphatic rings. The molecule has 2 rings (SSSR count). The molecule has 0 fully saturated rings. The largest absolute Gasteiger partial charge is 0.498 e. The highest BCUT2D eigenvalue weighted by molar-refractivity contribution is 7.21. The Hall–Kier alpha value is -1.82. The number of nitro groups is 1. The number of nitrogens with two attached hydrogens (primary N) is 1. The van der Waals surface area contributed by atoms with Gasteiger partial charge >= 0.3 is 0 Å². The van der Waals surface area contributed by atoms with Gasteiger partial charge in [0.1, 0.15) is 0 Å². The van der Waals surface area contributed by atoms with Gasteiger partial charge in [-0.05, 0) is 6.07 Å². The minimum absolute atomic E-state index is 0.000461. The molecule has 5 nitrogen and oxygen atoms in total. The smallest absolute Gasteiger partial charge is 0.270 e. The first-order chi connectivity index (χ1) is 6.59. The Kier molecular flexibility index (Phi) is 1.78. The van der Waals surface area contributed by atoms with Crippen molar-refractivity contribution in [1.29, 1.82) is 0 Å². The van der Waals surface area contributed by atoms with Crippen molar-refractivity contribution in [2.24, 2.45) is 0 Å². The Bertz CT molecular complexity index is 521. The van der Waals surface area contributed by atoms with Gasteiger partial charge in [-0.3, -0.25) is 10.1 Å². The molecular weight excluding hydrogens is 204 g/mol.